The average molecular weight is 290 g/mol. The van der Waals surface area contributed by atoms with Crippen LogP contribution in [0.1, 0.15) is 48.5 Å². The zero-order chi connectivity index (χ0) is 15.4. The molecule has 1 aromatic rings. The molecular weight excluding hydrogens is 264 g/mol. The minimum Gasteiger partial charge on any atom is -0.465 e. The SMILES string of the molecule is COC(=O)c1cc(NCC2CCC(C)CC2)cc(C)c1N. The van der Waals surface area contributed by atoms with Crippen molar-refractivity contribution in [2.24, 2.45) is 11.8 Å². The molecule has 1 fully saturated rings. The van der Waals surface area contributed by atoms with E-state index in [0.29, 0.717) is 11.3 Å². The number of carbonyl (C=O) groups excluding carboxylic acids is 1. The van der Waals surface area contributed by atoms with Crippen molar-refractivity contribution in [1.82, 2.24) is 0 Å². The van der Waals surface area contributed by atoms with Gasteiger partial charge in [0.2, 0.25) is 0 Å². The van der Waals surface area contributed by atoms with Crippen LogP contribution in [0.25, 0.3) is 0 Å². The number of nitrogens with one attached hydrogen (secondary N) is 1. The molecule has 1 saturated carbocycles. The predicted octanol–water partition coefficient (Wildman–Crippen LogP) is 3.60. The van der Waals surface area contributed by atoms with Crippen molar-refractivity contribution >= 4 is 17.3 Å². The zero-order valence-corrected chi connectivity index (χ0v) is 13.2. The van der Waals surface area contributed by atoms with Crippen LogP contribution in [0.2, 0.25) is 0 Å². The number of rotatable bonds is 4. The first-order valence-corrected chi connectivity index (χ1v) is 7.73. The van der Waals surface area contributed by atoms with Gasteiger partial charge >= 0.3 is 5.97 Å². The Kier molecular flexibility index (Phi) is 5.10. The van der Waals surface area contributed by atoms with Crippen molar-refractivity contribution in [3.05, 3.63) is 23.3 Å². The molecule has 3 N–H and O–H groups in total. The number of nitrogens with two attached hydrogens (primary N) is 1. The summed E-state index contributed by atoms with van der Waals surface area (Å²) in [5, 5.41) is 3.45. The smallest absolute Gasteiger partial charge is 0.340 e. The van der Waals surface area contributed by atoms with Crippen molar-refractivity contribution in [1.29, 1.82) is 0 Å². The van der Waals surface area contributed by atoms with Gasteiger partial charge in [-0.3, -0.25) is 0 Å². The monoisotopic (exact) mass is 290 g/mol. The zero-order valence-electron chi connectivity index (χ0n) is 13.2. The number of aryl methyl sites for hydroxylation is 1. The second kappa shape index (κ2) is 6.83. The third-order valence-electron chi connectivity index (χ3n) is 4.52. The Balaban J connectivity index is 2.03. The van der Waals surface area contributed by atoms with E-state index in [2.05, 4.69) is 12.2 Å². The highest BCUT2D eigenvalue weighted by Crippen LogP contribution is 2.29. The molecule has 0 radical (unpaired) electrons. The van der Waals surface area contributed by atoms with E-state index in [-0.39, 0.29) is 5.97 Å². The molecular formula is C17H26N2O2. The normalized spacial score (nSPS) is 21.9. The van der Waals surface area contributed by atoms with E-state index in [9.17, 15) is 4.79 Å². The van der Waals surface area contributed by atoms with Crippen LogP contribution in [0.15, 0.2) is 12.1 Å². The van der Waals surface area contributed by atoms with Gasteiger partial charge in [-0.25, -0.2) is 4.79 Å². The highest BCUT2D eigenvalue weighted by atomic mass is 16.5. The number of hydrogen-bond donors (Lipinski definition) is 2. The fourth-order valence-electron chi connectivity index (χ4n) is 2.97. The van der Waals surface area contributed by atoms with Crippen LogP contribution >= 0.6 is 0 Å². The lowest BCUT2D eigenvalue weighted by Gasteiger charge is -2.26. The Hall–Kier alpha value is -1.71. The quantitative estimate of drug-likeness (QED) is 0.657. The fourth-order valence-corrected chi connectivity index (χ4v) is 2.97. The van der Waals surface area contributed by atoms with E-state index in [0.717, 1.165) is 29.6 Å². The van der Waals surface area contributed by atoms with Crippen LogP contribution in [-0.2, 0) is 4.74 Å². The molecule has 0 aromatic heterocycles. The molecule has 0 atom stereocenters. The number of nitrogen functional groups attached to an aromatic ring is 1. The highest BCUT2D eigenvalue weighted by Gasteiger charge is 2.18. The lowest BCUT2D eigenvalue weighted by atomic mass is 9.83. The number of carbonyl (C=O) groups is 1. The van der Waals surface area contributed by atoms with E-state index in [1.165, 1.54) is 32.8 Å². The molecule has 1 aliphatic rings. The summed E-state index contributed by atoms with van der Waals surface area (Å²) in [5.74, 6) is 1.21. The summed E-state index contributed by atoms with van der Waals surface area (Å²) in [4.78, 5) is 11.8. The Morgan fingerprint density at radius 3 is 2.62 bits per heavy atom. The lowest BCUT2D eigenvalue weighted by molar-refractivity contribution is 0.0602. The van der Waals surface area contributed by atoms with E-state index >= 15 is 0 Å². The van der Waals surface area contributed by atoms with Crippen molar-refractivity contribution < 1.29 is 9.53 Å². The van der Waals surface area contributed by atoms with Crippen LogP contribution in [0.5, 0.6) is 0 Å². The molecule has 0 bridgehead atoms. The number of anilines is 2. The molecule has 0 aliphatic heterocycles. The van der Waals surface area contributed by atoms with Gasteiger partial charge in [-0.1, -0.05) is 19.8 Å². The molecule has 4 heteroatoms. The Labute approximate surface area is 127 Å². The van der Waals surface area contributed by atoms with Gasteiger partial charge in [-0.15, -0.1) is 0 Å². The molecule has 116 valence electrons. The molecule has 0 saturated heterocycles. The van der Waals surface area contributed by atoms with Crippen LogP contribution in [0.3, 0.4) is 0 Å². The maximum absolute atomic E-state index is 11.8. The van der Waals surface area contributed by atoms with E-state index in [1.807, 2.05) is 13.0 Å². The summed E-state index contributed by atoms with van der Waals surface area (Å²) in [6, 6.07) is 3.78. The van der Waals surface area contributed by atoms with E-state index in [4.69, 9.17) is 10.5 Å². The molecule has 0 spiro atoms. The maximum Gasteiger partial charge on any atom is 0.340 e. The number of benzene rings is 1. The summed E-state index contributed by atoms with van der Waals surface area (Å²) >= 11 is 0. The summed E-state index contributed by atoms with van der Waals surface area (Å²) < 4.78 is 4.79. The van der Waals surface area contributed by atoms with Crippen LogP contribution in [0.4, 0.5) is 11.4 Å². The first-order chi connectivity index (χ1) is 10.0. The minimum absolute atomic E-state index is 0.384. The van der Waals surface area contributed by atoms with Crippen LogP contribution < -0.4 is 11.1 Å². The van der Waals surface area contributed by atoms with Gasteiger partial charge in [0.25, 0.3) is 0 Å². The van der Waals surface area contributed by atoms with Gasteiger partial charge in [0.05, 0.1) is 12.7 Å². The van der Waals surface area contributed by atoms with Gasteiger partial charge in [-0.2, -0.15) is 0 Å². The molecule has 0 amide bonds. The highest BCUT2D eigenvalue weighted by molar-refractivity contribution is 5.97. The molecule has 0 heterocycles. The lowest BCUT2D eigenvalue weighted by Crippen LogP contribution is -2.20. The summed E-state index contributed by atoms with van der Waals surface area (Å²) in [6.45, 7) is 5.20. The van der Waals surface area contributed by atoms with E-state index in [1.54, 1.807) is 6.07 Å². The second-order valence-corrected chi connectivity index (χ2v) is 6.25. The van der Waals surface area contributed by atoms with Gasteiger partial charge in [-0.05, 0) is 49.3 Å². The predicted molar refractivity (Wildman–Crippen MR) is 86.5 cm³/mol. The number of hydrogen-bond acceptors (Lipinski definition) is 4. The Morgan fingerprint density at radius 2 is 2.00 bits per heavy atom. The fraction of sp³-hybridized carbons (Fsp3) is 0.588. The topological polar surface area (TPSA) is 64.3 Å². The van der Waals surface area contributed by atoms with Gasteiger partial charge in [0.1, 0.15) is 0 Å². The molecule has 2 rings (SSSR count). The van der Waals surface area contributed by atoms with Gasteiger partial charge < -0.3 is 15.8 Å². The first kappa shape index (κ1) is 15.7. The Morgan fingerprint density at radius 1 is 1.33 bits per heavy atom. The molecule has 1 aromatic carbocycles. The van der Waals surface area contributed by atoms with Crippen LogP contribution in [-0.4, -0.2) is 19.6 Å². The molecule has 0 unspecified atom stereocenters. The average Bonchev–Trinajstić information content (AvgIpc) is 2.49. The van der Waals surface area contributed by atoms with Crippen molar-refractivity contribution in [3.8, 4) is 0 Å². The van der Waals surface area contributed by atoms with Crippen molar-refractivity contribution in [2.45, 2.75) is 39.5 Å². The number of ether oxygens (including phenoxy) is 1. The summed E-state index contributed by atoms with van der Waals surface area (Å²) in [6.07, 6.45) is 5.21. The van der Waals surface area contributed by atoms with Gasteiger partial charge in [0.15, 0.2) is 0 Å². The molecule has 21 heavy (non-hydrogen) atoms. The third kappa shape index (κ3) is 3.90. The number of methoxy groups -OCH3 is 1. The van der Waals surface area contributed by atoms with E-state index < -0.39 is 0 Å². The largest absolute Gasteiger partial charge is 0.465 e. The summed E-state index contributed by atoms with van der Waals surface area (Å²) in [7, 11) is 1.38. The molecule has 4 nitrogen and oxygen atoms in total. The molecule has 1 aliphatic carbocycles. The maximum atomic E-state index is 11.8. The Bertz CT molecular complexity index is 506. The first-order valence-electron chi connectivity index (χ1n) is 7.73. The van der Waals surface area contributed by atoms with Gasteiger partial charge in [0, 0.05) is 17.9 Å². The second-order valence-electron chi connectivity index (χ2n) is 6.25. The third-order valence-corrected chi connectivity index (χ3v) is 4.52. The van der Waals surface area contributed by atoms with Crippen molar-refractivity contribution in [3.63, 3.8) is 0 Å². The number of esters is 1. The van der Waals surface area contributed by atoms with Crippen molar-refractivity contribution in [2.75, 3.05) is 24.7 Å². The van der Waals surface area contributed by atoms with Crippen LogP contribution in [0, 0.1) is 18.8 Å². The standard InChI is InChI=1S/C17H26N2O2/c1-11-4-6-13(7-5-11)10-19-14-8-12(2)16(18)15(9-14)17(20)21-3/h8-9,11,13,19H,4-7,10,18H2,1-3H3. The minimum atomic E-state index is -0.384. The summed E-state index contributed by atoms with van der Waals surface area (Å²) in [5.41, 5.74) is 8.74.